The number of hydrogen-bond acceptors (Lipinski definition) is 4. The Labute approximate surface area is 159 Å². The molecule has 4 rings (SSSR count). The fourth-order valence-corrected chi connectivity index (χ4v) is 3.32. The van der Waals surface area contributed by atoms with Gasteiger partial charge in [0.15, 0.2) is 0 Å². The molecule has 1 aliphatic rings. The van der Waals surface area contributed by atoms with Crippen molar-refractivity contribution in [3.05, 3.63) is 57.6 Å². The Bertz CT molecular complexity index is 1130. The zero-order chi connectivity index (χ0) is 20.0. The molecule has 0 aliphatic heterocycles. The van der Waals surface area contributed by atoms with Crippen molar-refractivity contribution in [2.75, 3.05) is 0 Å². The molecule has 0 bridgehead atoms. The number of carbonyl (C=O) groups is 1. The van der Waals surface area contributed by atoms with Crippen molar-refractivity contribution >= 4 is 16.8 Å². The topological polar surface area (TPSA) is 81.8 Å². The normalized spacial score (nSPS) is 15.0. The molecule has 1 amide bonds. The average Bonchev–Trinajstić information content (AvgIpc) is 3.41. The van der Waals surface area contributed by atoms with E-state index >= 15 is 0 Å². The standard InChI is InChI=1S/C19H19F2N5O2/c1-10(14-6-3-12(20)7-15(14)21)23-17(27)9-25-19(28)18-11(2)24-26(13-4-5-13)16(18)8-22-25/h3,6-8,10,13H,4-5,9H2,1-2H3,(H,23,27). The molecule has 1 aromatic carbocycles. The molecule has 1 saturated carbocycles. The lowest BCUT2D eigenvalue weighted by atomic mass is 10.1. The number of hydrogen-bond donors (Lipinski definition) is 1. The van der Waals surface area contributed by atoms with Crippen molar-refractivity contribution in [1.29, 1.82) is 0 Å². The number of aryl methyl sites for hydroxylation is 1. The highest BCUT2D eigenvalue weighted by atomic mass is 19.1. The Hall–Kier alpha value is -3.10. The highest BCUT2D eigenvalue weighted by molar-refractivity contribution is 5.81. The summed E-state index contributed by atoms with van der Waals surface area (Å²) in [6.45, 7) is 3.03. The molecule has 1 fully saturated rings. The Morgan fingerprint density at radius 1 is 1.36 bits per heavy atom. The summed E-state index contributed by atoms with van der Waals surface area (Å²) in [7, 11) is 0. The van der Waals surface area contributed by atoms with Gasteiger partial charge in [0, 0.05) is 11.6 Å². The molecule has 0 radical (unpaired) electrons. The van der Waals surface area contributed by atoms with Gasteiger partial charge in [-0.05, 0) is 32.8 Å². The Morgan fingerprint density at radius 2 is 2.11 bits per heavy atom. The number of rotatable bonds is 5. The van der Waals surface area contributed by atoms with Crippen LogP contribution in [0.15, 0.2) is 29.2 Å². The average molecular weight is 387 g/mol. The van der Waals surface area contributed by atoms with Gasteiger partial charge in [-0.1, -0.05) is 6.07 Å². The third kappa shape index (κ3) is 3.28. The van der Waals surface area contributed by atoms with E-state index in [9.17, 15) is 18.4 Å². The molecule has 2 heterocycles. The summed E-state index contributed by atoms with van der Waals surface area (Å²) in [6, 6.07) is 2.79. The van der Waals surface area contributed by atoms with Gasteiger partial charge in [0.2, 0.25) is 5.91 Å². The van der Waals surface area contributed by atoms with Gasteiger partial charge in [-0.15, -0.1) is 0 Å². The van der Waals surface area contributed by atoms with Gasteiger partial charge in [0.25, 0.3) is 5.56 Å². The van der Waals surface area contributed by atoms with Crippen molar-refractivity contribution in [3.63, 3.8) is 0 Å². The molecule has 146 valence electrons. The molecule has 1 aliphatic carbocycles. The van der Waals surface area contributed by atoms with Crippen LogP contribution in [0.25, 0.3) is 10.9 Å². The van der Waals surface area contributed by atoms with Crippen molar-refractivity contribution in [2.24, 2.45) is 0 Å². The van der Waals surface area contributed by atoms with Crippen LogP contribution < -0.4 is 10.9 Å². The van der Waals surface area contributed by atoms with Crippen LogP contribution in [0.5, 0.6) is 0 Å². The second-order valence-electron chi connectivity index (χ2n) is 7.08. The van der Waals surface area contributed by atoms with Crippen LogP contribution in [0.2, 0.25) is 0 Å². The van der Waals surface area contributed by atoms with Crippen LogP contribution in [-0.4, -0.2) is 25.5 Å². The third-order valence-corrected chi connectivity index (χ3v) is 4.88. The molecule has 2 aromatic heterocycles. The van der Waals surface area contributed by atoms with Crippen LogP contribution >= 0.6 is 0 Å². The SMILES string of the molecule is Cc1nn(C2CC2)c2cnn(CC(=O)NC(C)c3ccc(F)cc3F)c(=O)c12. The lowest BCUT2D eigenvalue weighted by Crippen LogP contribution is -2.35. The predicted molar refractivity (Wildman–Crippen MR) is 97.7 cm³/mol. The number of carbonyl (C=O) groups excluding carboxylic acids is 1. The van der Waals surface area contributed by atoms with E-state index in [0.717, 1.165) is 29.7 Å². The van der Waals surface area contributed by atoms with Gasteiger partial charge < -0.3 is 5.32 Å². The second-order valence-corrected chi connectivity index (χ2v) is 7.08. The zero-order valence-electron chi connectivity index (χ0n) is 15.4. The summed E-state index contributed by atoms with van der Waals surface area (Å²) < 4.78 is 29.8. The van der Waals surface area contributed by atoms with Gasteiger partial charge in [-0.25, -0.2) is 13.5 Å². The first-order valence-corrected chi connectivity index (χ1v) is 9.04. The smallest absolute Gasteiger partial charge is 0.278 e. The van der Waals surface area contributed by atoms with Crippen LogP contribution in [-0.2, 0) is 11.3 Å². The van der Waals surface area contributed by atoms with E-state index < -0.39 is 29.1 Å². The third-order valence-electron chi connectivity index (χ3n) is 4.88. The molecule has 9 heteroatoms. The number of fused-ring (bicyclic) bond motifs is 1. The number of halogens is 2. The van der Waals surface area contributed by atoms with E-state index in [0.29, 0.717) is 22.6 Å². The van der Waals surface area contributed by atoms with Crippen LogP contribution in [0.4, 0.5) is 8.78 Å². The summed E-state index contributed by atoms with van der Waals surface area (Å²) in [5.41, 5.74) is 1.04. The Balaban J connectivity index is 1.54. The van der Waals surface area contributed by atoms with Crippen LogP contribution in [0.3, 0.4) is 0 Å². The fourth-order valence-electron chi connectivity index (χ4n) is 3.32. The summed E-state index contributed by atoms with van der Waals surface area (Å²) in [6.07, 6.45) is 3.60. The van der Waals surface area contributed by atoms with E-state index in [1.54, 1.807) is 20.0 Å². The van der Waals surface area contributed by atoms with Crippen LogP contribution in [0.1, 0.15) is 43.1 Å². The fraction of sp³-hybridized carbons (Fsp3) is 0.368. The van der Waals surface area contributed by atoms with E-state index in [4.69, 9.17) is 0 Å². The van der Waals surface area contributed by atoms with Gasteiger partial charge in [-0.3, -0.25) is 14.3 Å². The summed E-state index contributed by atoms with van der Waals surface area (Å²) in [4.78, 5) is 25.1. The Morgan fingerprint density at radius 3 is 2.79 bits per heavy atom. The second kappa shape index (κ2) is 6.81. The van der Waals surface area contributed by atoms with Gasteiger partial charge in [0.05, 0.1) is 34.9 Å². The van der Waals surface area contributed by atoms with E-state index in [2.05, 4.69) is 15.5 Å². The summed E-state index contributed by atoms with van der Waals surface area (Å²) in [5.74, 6) is -1.93. The summed E-state index contributed by atoms with van der Waals surface area (Å²) in [5, 5.41) is 11.6. The quantitative estimate of drug-likeness (QED) is 0.729. The lowest BCUT2D eigenvalue weighted by Gasteiger charge is -2.15. The van der Waals surface area contributed by atoms with Crippen molar-refractivity contribution in [2.45, 2.75) is 45.3 Å². The molecule has 1 N–H and O–H groups in total. The highest BCUT2D eigenvalue weighted by Gasteiger charge is 2.28. The molecular formula is C19H19F2N5O2. The first-order chi connectivity index (χ1) is 13.3. The molecule has 7 nitrogen and oxygen atoms in total. The first-order valence-electron chi connectivity index (χ1n) is 9.04. The molecule has 0 spiro atoms. The number of nitrogens with one attached hydrogen (secondary N) is 1. The minimum atomic E-state index is -0.743. The van der Waals surface area contributed by atoms with Gasteiger partial charge in [0.1, 0.15) is 18.2 Å². The highest BCUT2D eigenvalue weighted by Crippen LogP contribution is 2.36. The maximum Gasteiger partial charge on any atom is 0.278 e. The molecule has 1 unspecified atom stereocenters. The maximum absolute atomic E-state index is 13.9. The van der Waals surface area contributed by atoms with Crippen molar-refractivity contribution in [3.8, 4) is 0 Å². The van der Waals surface area contributed by atoms with Crippen LogP contribution in [0, 0.1) is 18.6 Å². The molecule has 3 aromatic rings. The van der Waals surface area contributed by atoms with Gasteiger partial charge in [-0.2, -0.15) is 10.2 Å². The largest absolute Gasteiger partial charge is 0.348 e. The number of nitrogens with zero attached hydrogens (tertiary/aromatic N) is 4. The number of aromatic nitrogens is 4. The molecule has 1 atom stereocenters. The molecule has 0 saturated heterocycles. The van der Waals surface area contributed by atoms with Crippen molar-refractivity contribution < 1.29 is 13.6 Å². The monoisotopic (exact) mass is 387 g/mol. The summed E-state index contributed by atoms with van der Waals surface area (Å²) >= 11 is 0. The minimum Gasteiger partial charge on any atom is -0.348 e. The van der Waals surface area contributed by atoms with E-state index in [1.165, 1.54) is 6.07 Å². The van der Waals surface area contributed by atoms with Crippen molar-refractivity contribution in [1.82, 2.24) is 24.9 Å². The first kappa shape index (κ1) is 18.3. The molecular weight excluding hydrogens is 368 g/mol. The van der Waals surface area contributed by atoms with Gasteiger partial charge >= 0.3 is 0 Å². The Kier molecular flexibility index (Phi) is 4.44. The maximum atomic E-state index is 13.9. The molecule has 28 heavy (non-hydrogen) atoms. The van der Waals surface area contributed by atoms with E-state index in [1.807, 2.05) is 4.68 Å². The zero-order valence-corrected chi connectivity index (χ0v) is 15.4. The lowest BCUT2D eigenvalue weighted by molar-refractivity contribution is -0.122. The number of benzene rings is 1. The van der Waals surface area contributed by atoms with E-state index in [-0.39, 0.29) is 12.1 Å². The minimum absolute atomic E-state index is 0.159. The number of amides is 1. The predicted octanol–water partition coefficient (Wildman–Crippen LogP) is 2.39.